The van der Waals surface area contributed by atoms with Gasteiger partial charge in [0.2, 0.25) is 0 Å². The van der Waals surface area contributed by atoms with Crippen LogP contribution < -0.4 is 5.32 Å². The van der Waals surface area contributed by atoms with Gasteiger partial charge in [-0.25, -0.2) is 0 Å². The Morgan fingerprint density at radius 1 is 1.35 bits per heavy atom. The van der Waals surface area contributed by atoms with E-state index in [1.807, 2.05) is 12.2 Å². The molecule has 6 heteroatoms. The van der Waals surface area contributed by atoms with E-state index < -0.39 is 0 Å². The van der Waals surface area contributed by atoms with Crippen molar-refractivity contribution in [1.82, 2.24) is 15.1 Å². The highest BCUT2D eigenvalue weighted by Gasteiger charge is 2.26. The zero-order valence-electron chi connectivity index (χ0n) is 17.1. The van der Waals surface area contributed by atoms with Crippen molar-refractivity contribution in [3.8, 4) is 0 Å². The number of ether oxygens (including phenoxy) is 1. The summed E-state index contributed by atoms with van der Waals surface area (Å²) in [5, 5.41) is 3.46. The molecule has 26 heavy (non-hydrogen) atoms. The number of likely N-dealkylation sites (tertiary alicyclic amines) is 1. The lowest BCUT2D eigenvalue weighted by molar-refractivity contribution is 0.157. The molecule has 1 fully saturated rings. The zero-order chi connectivity index (χ0) is 18.7. The average molecular weight is 478 g/mol. The van der Waals surface area contributed by atoms with Crippen molar-refractivity contribution in [1.29, 1.82) is 0 Å². The van der Waals surface area contributed by atoms with Crippen molar-refractivity contribution >= 4 is 29.9 Å². The second-order valence-corrected chi connectivity index (χ2v) is 7.09. The fraction of sp³-hybridized carbons (Fsp3) is 0.750. The van der Waals surface area contributed by atoms with Crippen LogP contribution in [-0.2, 0) is 4.74 Å². The van der Waals surface area contributed by atoms with Crippen molar-refractivity contribution in [3.63, 3.8) is 0 Å². The number of hydrogen-bond acceptors (Lipinski definition) is 3. The molecule has 0 aromatic heterocycles. The average Bonchev–Trinajstić information content (AvgIpc) is 3.03. The Bertz CT molecular complexity index is 418. The first kappa shape index (κ1) is 25.4. The molecule has 1 saturated heterocycles. The Hall–Kier alpha value is -0.600. The van der Waals surface area contributed by atoms with Crippen molar-refractivity contribution in [2.45, 2.75) is 33.2 Å². The third-order valence-corrected chi connectivity index (χ3v) is 4.72. The summed E-state index contributed by atoms with van der Waals surface area (Å²) in [6, 6.07) is 0.377. The van der Waals surface area contributed by atoms with Crippen molar-refractivity contribution < 1.29 is 4.74 Å². The summed E-state index contributed by atoms with van der Waals surface area (Å²) in [6.45, 7) is 20.7. The van der Waals surface area contributed by atoms with E-state index in [1.165, 1.54) is 6.42 Å². The van der Waals surface area contributed by atoms with E-state index in [4.69, 9.17) is 9.73 Å². The summed E-state index contributed by atoms with van der Waals surface area (Å²) in [4.78, 5) is 9.75. The lowest BCUT2D eigenvalue weighted by Gasteiger charge is -2.32. The van der Waals surface area contributed by atoms with Gasteiger partial charge in [-0.15, -0.1) is 37.1 Å². The summed E-state index contributed by atoms with van der Waals surface area (Å²) in [6.07, 6.45) is 5.10. The molecule has 0 spiro atoms. The van der Waals surface area contributed by atoms with Crippen LogP contribution in [0, 0.1) is 11.8 Å². The summed E-state index contributed by atoms with van der Waals surface area (Å²) < 4.78 is 5.32. The third-order valence-electron chi connectivity index (χ3n) is 4.72. The summed E-state index contributed by atoms with van der Waals surface area (Å²) >= 11 is 0. The second-order valence-electron chi connectivity index (χ2n) is 7.09. The van der Waals surface area contributed by atoms with Crippen LogP contribution in [0.3, 0.4) is 0 Å². The molecule has 152 valence electrons. The largest absolute Gasteiger partial charge is 0.384 e. The fourth-order valence-electron chi connectivity index (χ4n) is 3.43. The first-order valence-electron chi connectivity index (χ1n) is 9.55. The van der Waals surface area contributed by atoms with Crippen LogP contribution in [0.25, 0.3) is 0 Å². The lowest BCUT2D eigenvalue weighted by atomic mass is 10.0. The topological polar surface area (TPSA) is 40.1 Å². The number of guanidine groups is 1. The molecule has 5 nitrogen and oxygen atoms in total. The molecule has 2 atom stereocenters. The van der Waals surface area contributed by atoms with Gasteiger partial charge in [0.1, 0.15) is 0 Å². The molecular weight excluding hydrogens is 439 g/mol. The Morgan fingerprint density at radius 2 is 2.00 bits per heavy atom. The van der Waals surface area contributed by atoms with Crippen LogP contribution >= 0.6 is 24.0 Å². The molecule has 0 aliphatic carbocycles. The fourth-order valence-corrected chi connectivity index (χ4v) is 3.43. The highest BCUT2D eigenvalue weighted by Crippen LogP contribution is 2.17. The minimum absolute atomic E-state index is 0. The van der Waals surface area contributed by atoms with Crippen molar-refractivity contribution in [3.05, 3.63) is 25.3 Å². The van der Waals surface area contributed by atoms with Crippen LogP contribution in [0.5, 0.6) is 0 Å². The summed E-state index contributed by atoms with van der Waals surface area (Å²) in [5.41, 5.74) is 0. The zero-order valence-corrected chi connectivity index (χ0v) is 19.4. The van der Waals surface area contributed by atoms with Crippen LogP contribution in [-0.4, -0.2) is 74.8 Å². The van der Waals surface area contributed by atoms with E-state index in [9.17, 15) is 0 Å². The number of nitrogens with zero attached hydrogens (tertiary/aromatic N) is 3. The van der Waals surface area contributed by atoms with Gasteiger partial charge in [0.25, 0.3) is 0 Å². The summed E-state index contributed by atoms with van der Waals surface area (Å²) in [7, 11) is 1.78. The summed E-state index contributed by atoms with van der Waals surface area (Å²) in [5.74, 6) is 2.16. The number of hydrogen-bond donors (Lipinski definition) is 1. The minimum Gasteiger partial charge on any atom is -0.384 e. The van der Waals surface area contributed by atoms with E-state index in [0.29, 0.717) is 17.9 Å². The van der Waals surface area contributed by atoms with Gasteiger partial charge in [0.05, 0.1) is 13.2 Å². The molecule has 0 aromatic rings. The third kappa shape index (κ3) is 8.39. The van der Waals surface area contributed by atoms with Crippen LogP contribution in [0.15, 0.2) is 30.3 Å². The van der Waals surface area contributed by atoms with Crippen molar-refractivity contribution in [2.75, 3.05) is 53.0 Å². The number of halogens is 1. The molecule has 1 aliphatic rings. The van der Waals surface area contributed by atoms with Gasteiger partial charge in [0.15, 0.2) is 5.96 Å². The highest BCUT2D eigenvalue weighted by molar-refractivity contribution is 14.0. The molecular formula is C20H39IN4O. The minimum atomic E-state index is 0. The van der Waals surface area contributed by atoms with E-state index >= 15 is 0 Å². The molecule has 0 aromatic carbocycles. The molecule has 0 radical (unpaired) electrons. The van der Waals surface area contributed by atoms with E-state index in [-0.39, 0.29) is 24.0 Å². The molecule has 2 unspecified atom stereocenters. The SMILES string of the molecule is C=CCN(CC=C)C(CN=C(NCC)N1CCC(COC)C1)C(C)C.I. The predicted octanol–water partition coefficient (Wildman–Crippen LogP) is 3.24. The Kier molecular flexibility index (Phi) is 14.1. The van der Waals surface area contributed by atoms with Gasteiger partial charge in [-0.05, 0) is 19.3 Å². The molecule has 1 N–H and O–H groups in total. The number of rotatable bonds is 11. The lowest BCUT2D eigenvalue weighted by Crippen LogP contribution is -2.44. The van der Waals surface area contributed by atoms with Gasteiger partial charge in [-0.3, -0.25) is 9.89 Å². The van der Waals surface area contributed by atoms with Crippen LogP contribution in [0.2, 0.25) is 0 Å². The Balaban J connectivity index is 0.00000625. The van der Waals surface area contributed by atoms with Crippen LogP contribution in [0.4, 0.5) is 0 Å². The molecule has 0 amide bonds. The quantitative estimate of drug-likeness (QED) is 0.214. The first-order chi connectivity index (χ1) is 12.1. The molecule has 1 heterocycles. The maximum Gasteiger partial charge on any atom is 0.193 e. The maximum absolute atomic E-state index is 5.32. The standard InChI is InChI=1S/C20H38N4O.HI/c1-7-11-23(12-8-2)19(17(4)5)14-22-20(21-9-3)24-13-10-18(15-24)16-25-6;/h7-8,17-19H,1-2,9-16H2,3-6H3,(H,21,22);1H. The first-order valence-corrected chi connectivity index (χ1v) is 9.55. The van der Waals surface area contributed by atoms with Gasteiger partial charge in [0, 0.05) is 51.8 Å². The van der Waals surface area contributed by atoms with Crippen LogP contribution in [0.1, 0.15) is 27.2 Å². The van der Waals surface area contributed by atoms with Gasteiger partial charge in [-0.1, -0.05) is 26.0 Å². The predicted molar refractivity (Wildman–Crippen MR) is 124 cm³/mol. The van der Waals surface area contributed by atoms with Gasteiger partial charge < -0.3 is 15.0 Å². The van der Waals surface area contributed by atoms with Crippen molar-refractivity contribution in [2.24, 2.45) is 16.8 Å². The smallest absolute Gasteiger partial charge is 0.193 e. The highest BCUT2D eigenvalue weighted by atomic mass is 127. The monoisotopic (exact) mass is 478 g/mol. The maximum atomic E-state index is 5.32. The number of nitrogens with one attached hydrogen (secondary N) is 1. The number of aliphatic imine (C=N–C) groups is 1. The molecule has 0 saturated carbocycles. The second kappa shape index (κ2) is 14.5. The normalized spacial score (nSPS) is 18.8. The van der Waals surface area contributed by atoms with Gasteiger partial charge in [-0.2, -0.15) is 0 Å². The molecule has 1 aliphatic heterocycles. The van der Waals surface area contributed by atoms with Gasteiger partial charge >= 0.3 is 0 Å². The Morgan fingerprint density at radius 3 is 2.50 bits per heavy atom. The molecule has 0 bridgehead atoms. The molecule has 1 rings (SSSR count). The number of methoxy groups -OCH3 is 1. The van der Waals surface area contributed by atoms with E-state index in [2.05, 4.69) is 49.0 Å². The van der Waals surface area contributed by atoms with E-state index in [1.54, 1.807) is 7.11 Å². The Labute approximate surface area is 178 Å². The van der Waals surface area contributed by atoms with E-state index in [0.717, 1.165) is 51.8 Å².